The molecule has 0 radical (unpaired) electrons. The Morgan fingerprint density at radius 2 is 2.04 bits per heavy atom. The second-order valence-corrected chi connectivity index (χ2v) is 5.84. The van der Waals surface area contributed by atoms with E-state index in [0.717, 1.165) is 5.69 Å². The van der Waals surface area contributed by atoms with Gasteiger partial charge < -0.3 is 18.8 Å². The molecule has 1 N–H and O–H groups in total. The van der Waals surface area contributed by atoms with E-state index in [0.29, 0.717) is 25.6 Å². The molecule has 3 heterocycles. The zero-order valence-electron chi connectivity index (χ0n) is 13.8. The Kier molecular flexibility index (Phi) is 4.26. The van der Waals surface area contributed by atoms with Crippen LogP contribution in [0, 0.1) is 0 Å². The highest BCUT2D eigenvalue weighted by Crippen LogP contribution is 2.31. The first-order chi connectivity index (χ1) is 12.7. The number of nitrogens with zero attached hydrogens (tertiary/aromatic N) is 3. The topological polar surface area (TPSA) is 107 Å². The Hall–Kier alpha value is -3.36. The van der Waals surface area contributed by atoms with Crippen LogP contribution in [0.15, 0.2) is 46.8 Å². The van der Waals surface area contributed by atoms with Crippen molar-refractivity contribution in [2.24, 2.45) is 0 Å². The van der Waals surface area contributed by atoms with Crippen LogP contribution in [-0.4, -0.2) is 41.8 Å². The first kappa shape index (κ1) is 16.1. The smallest absolute Gasteiger partial charge is 0.322 e. The maximum absolute atomic E-state index is 12.3. The lowest BCUT2D eigenvalue weighted by Gasteiger charge is -2.15. The van der Waals surface area contributed by atoms with Gasteiger partial charge in [-0.05, 0) is 12.1 Å². The maximum Gasteiger partial charge on any atom is 0.322 e. The quantitative estimate of drug-likeness (QED) is 0.883. The summed E-state index contributed by atoms with van der Waals surface area (Å²) in [6.45, 7) is 1.14. The Morgan fingerprint density at radius 3 is 2.81 bits per heavy atom. The van der Waals surface area contributed by atoms with E-state index in [2.05, 4.69) is 15.5 Å². The highest BCUT2D eigenvalue weighted by Gasteiger charge is 2.35. The molecule has 0 unspecified atom stereocenters. The second kappa shape index (κ2) is 6.87. The lowest BCUT2D eigenvalue weighted by atomic mass is 10.1. The molecule has 134 valence electrons. The van der Waals surface area contributed by atoms with E-state index in [4.69, 9.17) is 13.9 Å². The standard InChI is InChI=1S/C17H16N4O5/c22-14-8-11(9-21(14)12-4-2-1-3-5-12)16-19-20-17(26-16)18-15(23)13-10-24-6-7-25-13/h1-5,10-11H,6-9H2,(H,18,20,23)/t11-/m0/s1. The molecule has 2 aliphatic rings. The fourth-order valence-corrected chi connectivity index (χ4v) is 2.83. The minimum Gasteiger partial charge on any atom is -0.494 e. The largest absolute Gasteiger partial charge is 0.494 e. The number of para-hydroxylation sites is 1. The molecule has 1 fully saturated rings. The molecule has 1 aromatic heterocycles. The van der Waals surface area contributed by atoms with Gasteiger partial charge in [0.05, 0.1) is 5.92 Å². The van der Waals surface area contributed by atoms with Crippen LogP contribution in [-0.2, 0) is 19.1 Å². The van der Waals surface area contributed by atoms with Gasteiger partial charge >= 0.3 is 6.01 Å². The Morgan fingerprint density at radius 1 is 1.19 bits per heavy atom. The number of aromatic nitrogens is 2. The average Bonchev–Trinajstić information content (AvgIpc) is 3.30. The van der Waals surface area contributed by atoms with Gasteiger partial charge in [-0.1, -0.05) is 23.3 Å². The molecule has 9 nitrogen and oxygen atoms in total. The van der Waals surface area contributed by atoms with Crippen LogP contribution >= 0.6 is 0 Å². The monoisotopic (exact) mass is 356 g/mol. The summed E-state index contributed by atoms with van der Waals surface area (Å²) in [4.78, 5) is 26.0. The van der Waals surface area contributed by atoms with E-state index in [1.165, 1.54) is 6.26 Å². The average molecular weight is 356 g/mol. The lowest BCUT2D eigenvalue weighted by Crippen LogP contribution is -2.24. The summed E-state index contributed by atoms with van der Waals surface area (Å²) < 4.78 is 15.7. The summed E-state index contributed by atoms with van der Waals surface area (Å²) in [6, 6.07) is 9.35. The van der Waals surface area contributed by atoms with Gasteiger partial charge in [0.15, 0.2) is 0 Å². The van der Waals surface area contributed by atoms with Crippen molar-refractivity contribution in [3.05, 3.63) is 48.2 Å². The molecule has 0 saturated carbocycles. The number of amides is 2. The van der Waals surface area contributed by atoms with Crippen LogP contribution in [0.3, 0.4) is 0 Å². The van der Waals surface area contributed by atoms with Gasteiger partial charge in [-0.15, -0.1) is 5.10 Å². The van der Waals surface area contributed by atoms with E-state index in [-0.39, 0.29) is 30.0 Å². The van der Waals surface area contributed by atoms with Crippen LogP contribution in [0.4, 0.5) is 11.7 Å². The number of hydrogen-bond donors (Lipinski definition) is 1. The number of anilines is 2. The van der Waals surface area contributed by atoms with Crippen molar-refractivity contribution < 1.29 is 23.5 Å². The van der Waals surface area contributed by atoms with Crippen LogP contribution in [0.2, 0.25) is 0 Å². The lowest BCUT2D eigenvalue weighted by molar-refractivity contribution is -0.118. The van der Waals surface area contributed by atoms with Gasteiger partial charge in [0.2, 0.25) is 17.6 Å². The van der Waals surface area contributed by atoms with Gasteiger partial charge in [-0.3, -0.25) is 14.9 Å². The first-order valence-corrected chi connectivity index (χ1v) is 8.15. The summed E-state index contributed by atoms with van der Waals surface area (Å²) >= 11 is 0. The molecule has 0 spiro atoms. The molecular formula is C17H16N4O5. The molecule has 26 heavy (non-hydrogen) atoms. The maximum atomic E-state index is 12.3. The molecule has 0 bridgehead atoms. The van der Waals surface area contributed by atoms with Gasteiger partial charge in [-0.25, -0.2) is 0 Å². The number of nitrogens with one attached hydrogen (secondary N) is 1. The third-order valence-electron chi connectivity index (χ3n) is 4.08. The van der Waals surface area contributed by atoms with E-state index in [1.54, 1.807) is 4.90 Å². The van der Waals surface area contributed by atoms with Crippen molar-refractivity contribution in [3.63, 3.8) is 0 Å². The van der Waals surface area contributed by atoms with Gasteiger partial charge in [0.1, 0.15) is 19.5 Å². The third-order valence-corrected chi connectivity index (χ3v) is 4.08. The summed E-state index contributed by atoms with van der Waals surface area (Å²) in [7, 11) is 0. The fourth-order valence-electron chi connectivity index (χ4n) is 2.83. The van der Waals surface area contributed by atoms with Gasteiger partial charge in [-0.2, -0.15) is 0 Å². The highest BCUT2D eigenvalue weighted by molar-refractivity contribution is 6.00. The Labute approximate surface area is 148 Å². The van der Waals surface area contributed by atoms with E-state index < -0.39 is 5.91 Å². The Balaban J connectivity index is 1.43. The fraction of sp³-hybridized carbons (Fsp3) is 0.294. The number of rotatable bonds is 4. The zero-order valence-corrected chi connectivity index (χ0v) is 13.8. The van der Waals surface area contributed by atoms with Crippen LogP contribution in [0.5, 0.6) is 0 Å². The third kappa shape index (κ3) is 3.23. The predicted octanol–water partition coefficient (Wildman–Crippen LogP) is 1.42. The number of carbonyl (C=O) groups is 2. The van der Waals surface area contributed by atoms with Gasteiger partial charge in [0.25, 0.3) is 5.91 Å². The summed E-state index contributed by atoms with van der Waals surface area (Å²) in [5, 5.41) is 10.2. The van der Waals surface area contributed by atoms with Crippen LogP contribution in [0.25, 0.3) is 0 Å². The van der Waals surface area contributed by atoms with E-state index in [9.17, 15) is 9.59 Å². The second-order valence-electron chi connectivity index (χ2n) is 5.84. The predicted molar refractivity (Wildman–Crippen MR) is 89.1 cm³/mol. The molecule has 1 atom stereocenters. The summed E-state index contributed by atoms with van der Waals surface area (Å²) in [5.74, 6) is -0.422. The molecule has 1 aromatic carbocycles. The molecule has 2 amide bonds. The zero-order chi connectivity index (χ0) is 17.9. The minimum absolute atomic E-state index is 0.0112. The molecule has 1 saturated heterocycles. The minimum atomic E-state index is -0.534. The van der Waals surface area contributed by atoms with Crippen molar-refractivity contribution in [1.29, 1.82) is 0 Å². The SMILES string of the molecule is O=C(Nc1nnc([C@H]2CC(=O)N(c3ccccc3)C2)o1)C1=COCCO1. The molecule has 0 aliphatic carbocycles. The number of hydrogen-bond acceptors (Lipinski definition) is 7. The van der Waals surface area contributed by atoms with Crippen molar-refractivity contribution in [3.8, 4) is 0 Å². The van der Waals surface area contributed by atoms with Crippen molar-refractivity contribution in [2.45, 2.75) is 12.3 Å². The Bertz CT molecular complexity index is 848. The van der Waals surface area contributed by atoms with Crippen molar-refractivity contribution >= 4 is 23.5 Å². The molecule has 9 heteroatoms. The van der Waals surface area contributed by atoms with Crippen LogP contribution in [0.1, 0.15) is 18.2 Å². The summed E-state index contributed by atoms with van der Waals surface area (Å²) in [6.07, 6.45) is 1.51. The first-order valence-electron chi connectivity index (χ1n) is 8.15. The number of ether oxygens (including phenoxy) is 2. The number of carbonyl (C=O) groups excluding carboxylic acids is 2. The normalized spacial score (nSPS) is 19.5. The molecular weight excluding hydrogens is 340 g/mol. The number of benzene rings is 1. The van der Waals surface area contributed by atoms with E-state index >= 15 is 0 Å². The van der Waals surface area contributed by atoms with E-state index in [1.807, 2.05) is 30.3 Å². The highest BCUT2D eigenvalue weighted by atomic mass is 16.6. The molecule has 2 aliphatic heterocycles. The molecule has 2 aromatic rings. The van der Waals surface area contributed by atoms with Crippen LogP contribution < -0.4 is 10.2 Å². The van der Waals surface area contributed by atoms with Gasteiger partial charge in [0, 0.05) is 18.7 Å². The molecule has 4 rings (SSSR count). The van der Waals surface area contributed by atoms with Crippen molar-refractivity contribution in [2.75, 3.05) is 30.0 Å². The summed E-state index contributed by atoms with van der Waals surface area (Å²) in [5.41, 5.74) is 0.828. The van der Waals surface area contributed by atoms with Crippen molar-refractivity contribution in [1.82, 2.24) is 10.2 Å².